The number of phenols is 1. The number of hydrogen-bond donors (Lipinski definition) is 3. The molecule has 0 amide bonds. The van der Waals surface area contributed by atoms with Gasteiger partial charge in [0.2, 0.25) is 0 Å². The highest BCUT2D eigenvalue weighted by Crippen LogP contribution is 2.32. The van der Waals surface area contributed by atoms with E-state index in [-0.39, 0.29) is 17.1 Å². The van der Waals surface area contributed by atoms with Crippen molar-refractivity contribution in [2.24, 2.45) is 5.10 Å². The topological polar surface area (TPSA) is 91.2 Å². The van der Waals surface area contributed by atoms with E-state index >= 15 is 0 Å². The Hall–Kier alpha value is -2.73. The third kappa shape index (κ3) is 3.67. The molecule has 2 rings (SSSR count). The van der Waals surface area contributed by atoms with Crippen LogP contribution in [0.4, 0.5) is 5.69 Å². The zero-order chi connectivity index (χ0) is 16.1. The van der Waals surface area contributed by atoms with Crippen LogP contribution in [-0.4, -0.2) is 29.5 Å². The number of carboxylic acids is 1. The fraction of sp³-hybridized carbons (Fsp3) is 0.0667. The highest BCUT2D eigenvalue weighted by atomic mass is 35.5. The summed E-state index contributed by atoms with van der Waals surface area (Å²) in [5.74, 6) is -0.815. The summed E-state index contributed by atoms with van der Waals surface area (Å²) in [5, 5.41) is 23.1. The maximum atomic E-state index is 10.7. The Balaban J connectivity index is 2.12. The average Bonchev–Trinajstić information content (AvgIpc) is 2.50. The molecule has 0 radical (unpaired) electrons. The van der Waals surface area contributed by atoms with E-state index in [1.807, 2.05) is 0 Å². The second-order valence-electron chi connectivity index (χ2n) is 4.30. The molecule has 0 aliphatic heterocycles. The minimum Gasteiger partial charge on any atom is -0.504 e. The number of carbonyl (C=O) groups is 1. The molecule has 22 heavy (non-hydrogen) atoms. The fourth-order valence-electron chi connectivity index (χ4n) is 1.71. The highest BCUT2D eigenvalue weighted by molar-refractivity contribution is 6.31. The molecule has 0 aliphatic rings. The van der Waals surface area contributed by atoms with Crippen molar-refractivity contribution >= 4 is 29.5 Å². The zero-order valence-electron chi connectivity index (χ0n) is 11.6. The Kier molecular flexibility index (Phi) is 4.85. The van der Waals surface area contributed by atoms with Gasteiger partial charge < -0.3 is 14.9 Å². The summed E-state index contributed by atoms with van der Waals surface area (Å²) in [6.45, 7) is 0. The summed E-state index contributed by atoms with van der Waals surface area (Å²) in [7, 11) is 1.43. The van der Waals surface area contributed by atoms with E-state index in [9.17, 15) is 9.90 Å². The van der Waals surface area contributed by atoms with Gasteiger partial charge in [0.05, 0.1) is 24.6 Å². The third-order valence-electron chi connectivity index (χ3n) is 2.82. The number of methoxy groups -OCH3 is 1. The van der Waals surface area contributed by atoms with Crippen LogP contribution in [0.2, 0.25) is 5.02 Å². The predicted octanol–water partition coefficient (Wildman–Crippen LogP) is 3.20. The number of aromatic carboxylic acids is 1. The Morgan fingerprint density at radius 3 is 2.59 bits per heavy atom. The molecule has 0 heterocycles. The van der Waals surface area contributed by atoms with Crippen molar-refractivity contribution in [3.63, 3.8) is 0 Å². The summed E-state index contributed by atoms with van der Waals surface area (Å²) >= 11 is 5.91. The number of rotatable bonds is 5. The standard InChI is InChI=1S/C15H13ClN2O4/c1-22-13-7-11(16)6-10(14(13)19)8-17-18-12-4-2-9(3-5-12)15(20)21/h2-8,18-19H,1H3,(H,20,21)/b17-8-. The predicted molar refractivity (Wildman–Crippen MR) is 84.3 cm³/mol. The number of carboxylic acid groups (broad SMARTS) is 1. The van der Waals surface area contributed by atoms with Crippen LogP contribution >= 0.6 is 11.6 Å². The fourth-order valence-corrected chi connectivity index (χ4v) is 1.93. The van der Waals surface area contributed by atoms with Gasteiger partial charge in [-0.05, 0) is 30.3 Å². The van der Waals surface area contributed by atoms with E-state index in [0.29, 0.717) is 16.3 Å². The molecular formula is C15H13ClN2O4. The van der Waals surface area contributed by atoms with Crippen LogP contribution in [-0.2, 0) is 0 Å². The van der Waals surface area contributed by atoms with E-state index in [1.165, 1.54) is 37.6 Å². The zero-order valence-corrected chi connectivity index (χ0v) is 12.3. The van der Waals surface area contributed by atoms with Gasteiger partial charge in [0.15, 0.2) is 11.5 Å². The molecule has 0 spiro atoms. The number of benzene rings is 2. The first-order chi connectivity index (χ1) is 10.5. The van der Waals surface area contributed by atoms with Gasteiger partial charge in [-0.15, -0.1) is 0 Å². The number of hydrazone groups is 1. The Morgan fingerprint density at radius 2 is 2.00 bits per heavy atom. The monoisotopic (exact) mass is 320 g/mol. The van der Waals surface area contributed by atoms with E-state index in [2.05, 4.69) is 10.5 Å². The van der Waals surface area contributed by atoms with Crippen LogP contribution in [0.5, 0.6) is 11.5 Å². The first-order valence-corrected chi connectivity index (χ1v) is 6.58. The molecule has 0 fully saturated rings. The molecule has 2 aromatic carbocycles. The highest BCUT2D eigenvalue weighted by Gasteiger charge is 2.08. The second-order valence-corrected chi connectivity index (χ2v) is 4.73. The summed E-state index contributed by atoms with van der Waals surface area (Å²) in [6, 6.07) is 9.11. The molecule has 0 saturated carbocycles. The number of hydrogen-bond acceptors (Lipinski definition) is 5. The van der Waals surface area contributed by atoms with Gasteiger partial charge in [-0.2, -0.15) is 5.10 Å². The maximum Gasteiger partial charge on any atom is 0.335 e. The van der Waals surface area contributed by atoms with Gasteiger partial charge in [0, 0.05) is 16.7 Å². The lowest BCUT2D eigenvalue weighted by Gasteiger charge is -2.06. The third-order valence-corrected chi connectivity index (χ3v) is 3.04. The Bertz CT molecular complexity index is 714. The summed E-state index contributed by atoms with van der Waals surface area (Å²) in [6.07, 6.45) is 1.38. The summed E-state index contributed by atoms with van der Waals surface area (Å²) in [5.41, 5.74) is 3.91. The van der Waals surface area contributed by atoms with E-state index in [4.69, 9.17) is 21.4 Å². The molecule has 114 valence electrons. The van der Waals surface area contributed by atoms with Crippen molar-refractivity contribution in [1.29, 1.82) is 0 Å². The van der Waals surface area contributed by atoms with Gasteiger partial charge in [0.1, 0.15) is 0 Å². The molecule has 0 aromatic heterocycles. The normalized spacial score (nSPS) is 10.6. The van der Waals surface area contributed by atoms with Gasteiger partial charge in [0.25, 0.3) is 0 Å². The van der Waals surface area contributed by atoms with Crippen molar-refractivity contribution in [3.05, 3.63) is 52.5 Å². The molecule has 0 unspecified atom stereocenters. The van der Waals surface area contributed by atoms with E-state index < -0.39 is 5.97 Å². The molecule has 2 aromatic rings. The number of aromatic hydroxyl groups is 1. The average molecular weight is 321 g/mol. The largest absolute Gasteiger partial charge is 0.504 e. The van der Waals surface area contributed by atoms with Crippen molar-refractivity contribution in [1.82, 2.24) is 0 Å². The van der Waals surface area contributed by atoms with Crippen LogP contribution < -0.4 is 10.2 Å². The number of nitrogens with one attached hydrogen (secondary N) is 1. The lowest BCUT2D eigenvalue weighted by molar-refractivity contribution is 0.0697. The lowest BCUT2D eigenvalue weighted by atomic mass is 10.2. The van der Waals surface area contributed by atoms with Crippen molar-refractivity contribution < 1.29 is 19.7 Å². The molecule has 0 saturated heterocycles. The molecular weight excluding hydrogens is 308 g/mol. The number of nitrogens with zero attached hydrogens (tertiary/aromatic N) is 1. The van der Waals surface area contributed by atoms with E-state index in [0.717, 1.165) is 0 Å². The number of phenolic OH excluding ortho intramolecular Hbond substituents is 1. The minimum atomic E-state index is -0.994. The van der Waals surface area contributed by atoms with Crippen LogP contribution in [0.25, 0.3) is 0 Å². The molecule has 0 bridgehead atoms. The SMILES string of the molecule is COc1cc(Cl)cc(/C=N\Nc2ccc(C(=O)O)cc2)c1O. The molecule has 0 atom stereocenters. The minimum absolute atomic E-state index is 0.0707. The Labute approximate surface area is 131 Å². The number of ether oxygens (including phenoxy) is 1. The van der Waals surface area contributed by atoms with Gasteiger partial charge in [-0.25, -0.2) is 4.79 Å². The number of anilines is 1. The van der Waals surface area contributed by atoms with Crippen LogP contribution in [0.1, 0.15) is 15.9 Å². The second kappa shape index (κ2) is 6.82. The summed E-state index contributed by atoms with van der Waals surface area (Å²) < 4.78 is 4.99. The quantitative estimate of drug-likeness (QED) is 0.581. The molecule has 3 N–H and O–H groups in total. The van der Waals surface area contributed by atoms with Crippen LogP contribution in [0.15, 0.2) is 41.5 Å². The van der Waals surface area contributed by atoms with Gasteiger partial charge in [-0.3, -0.25) is 5.43 Å². The maximum absolute atomic E-state index is 10.7. The van der Waals surface area contributed by atoms with Crippen LogP contribution in [0.3, 0.4) is 0 Å². The van der Waals surface area contributed by atoms with Crippen LogP contribution in [0, 0.1) is 0 Å². The van der Waals surface area contributed by atoms with Crippen molar-refractivity contribution in [2.75, 3.05) is 12.5 Å². The lowest BCUT2D eigenvalue weighted by Crippen LogP contribution is -1.96. The van der Waals surface area contributed by atoms with Gasteiger partial charge >= 0.3 is 5.97 Å². The Morgan fingerprint density at radius 1 is 1.32 bits per heavy atom. The first-order valence-electron chi connectivity index (χ1n) is 6.20. The smallest absolute Gasteiger partial charge is 0.335 e. The first kappa shape index (κ1) is 15.7. The van der Waals surface area contributed by atoms with Gasteiger partial charge in [-0.1, -0.05) is 11.6 Å². The van der Waals surface area contributed by atoms with Crippen molar-refractivity contribution in [3.8, 4) is 11.5 Å². The number of halogens is 1. The molecule has 7 heteroatoms. The van der Waals surface area contributed by atoms with E-state index in [1.54, 1.807) is 12.1 Å². The summed E-state index contributed by atoms with van der Waals surface area (Å²) in [4.78, 5) is 10.7. The molecule has 0 aliphatic carbocycles. The molecule has 6 nitrogen and oxygen atoms in total. The van der Waals surface area contributed by atoms with Crippen molar-refractivity contribution in [2.45, 2.75) is 0 Å².